The lowest BCUT2D eigenvalue weighted by atomic mass is 9.81. The molecule has 2 heteroatoms. The fourth-order valence-corrected chi connectivity index (χ4v) is 8.40. The molecule has 0 unspecified atom stereocenters. The van der Waals surface area contributed by atoms with E-state index in [2.05, 4.69) is 158 Å². The molecule has 0 saturated carbocycles. The van der Waals surface area contributed by atoms with Crippen LogP contribution < -0.4 is 4.90 Å². The zero-order valence-corrected chi connectivity index (χ0v) is 25.0. The van der Waals surface area contributed by atoms with Gasteiger partial charge in [-0.25, -0.2) is 0 Å². The highest BCUT2D eigenvalue weighted by Crippen LogP contribution is 2.52. The van der Waals surface area contributed by atoms with E-state index in [0.29, 0.717) is 0 Å². The maximum atomic E-state index is 2.46. The summed E-state index contributed by atoms with van der Waals surface area (Å²) in [6.07, 6.45) is 0. The smallest absolute Gasteiger partial charge is 0.0476 e. The molecule has 8 aromatic rings. The summed E-state index contributed by atoms with van der Waals surface area (Å²) in [5.41, 5.74) is 8.89. The maximum Gasteiger partial charge on any atom is 0.0476 e. The highest BCUT2D eigenvalue weighted by Gasteiger charge is 2.36. The van der Waals surface area contributed by atoms with Crippen molar-refractivity contribution in [2.45, 2.75) is 19.3 Å². The predicted molar refractivity (Wildman–Crippen MR) is 187 cm³/mol. The lowest BCUT2D eigenvalue weighted by Gasteiger charge is -2.27. The van der Waals surface area contributed by atoms with E-state index in [4.69, 9.17) is 0 Å². The molecule has 0 saturated heterocycles. The van der Waals surface area contributed by atoms with Crippen LogP contribution in [-0.4, -0.2) is 0 Å². The molecule has 9 rings (SSSR count). The first-order chi connectivity index (χ1) is 21.1. The quantitative estimate of drug-likeness (QED) is 0.192. The average molecular weight is 568 g/mol. The minimum absolute atomic E-state index is 0.0815. The van der Waals surface area contributed by atoms with Crippen LogP contribution >= 0.6 is 11.3 Å². The number of hydrogen-bond donors (Lipinski definition) is 0. The van der Waals surface area contributed by atoms with E-state index in [1.54, 1.807) is 0 Å². The molecule has 0 amide bonds. The molecule has 1 aromatic heterocycles. The number of anilines is 3. The van der Waals surface area contributed by atoms with E-state index in [9.17, 15) is 0 Å². The summed E-state index contributed by atoms with van der Waals surface area (Å²) in [5.74, 6) is 0. The number of fused-ring (bicyclic) bond motifs is 9. The van der Waals surface area contributed by atoms with Gasteiger partial charge in [0.2, 0.25) is 0 Å². The molecule has 204 valence electrons. The molecular formula is C41H29NS. The largest absolute Gasteiger partial charge is 0.310 e. The Hall–Kier alpha value is -4.92. The summed E-state index contributed by atoms with van der Waals surface area (Å²) in [4.78, 5) is 2.41. The van der Waals surface area contributed by atoms with Crippen LogP contribution in [0.15, 0.2) is 140 Å². The first kappa shape index (κ1) is 24.7. The zero-order valence-electron chi connectivity index (χ0n) is 24.1. The fraction of sp³-hybridized carbons (Fsp3) is 0.0732. The molecule has 0 radical (unpaired) electrons. The van der Waals surface area contributed by atoms with Crippen molar-refractivity contribution in [1.82, 2.24) is 0 Å². The van der Waals surface area contributed by atoms with Gasteiger partial charge >= 0.3 is 0 Å². The number of benzene rings is 7. The number of thiophene rings is 1. The highest BCUT2D eigenvalue weighted by molar-refractivity contribution is 7.25. The van der Waals surface area contributed by atoms with Crippen molar-refractivity contribution in [2.24, 2.45) is 0 Å². The van der Waals surface area contributed by atoms with Crippen molar-refractivity contribution in [2.75, 3.05) is 4.90 Å². The van der Waals surface area contributed by atoms with E-state index >= 15 is 0 Å². The highest BCUT2D eigenvalue weighted by atomic mass is 32.1. The fourth-order valence-electron chi connectivity index (χ4n) is 7.26. The molecule has 0 N–H and O–H groups in total. The van der Waals surface area contributed by atoms with Crippen molar-refractivity contribution in [3.8, 4) is 11.1 Å². The third kappa shape index (κ3) is 3.63. The lowest BCUT2D eigenvalue weighted by Crippen LogP contribution is -2.15. The van der Waals surface area contributed by atoms with Crippen LogP contribution in [0, 0.1) is 0 Å². The van der Waals surface area contributed by atoms with Crippen molar-refractivity contribution < 1.29 is 0 Å². The van der Waals surface area contributed by atoms with Crippen LogP contribution in [0.1, 0.15) is 25.0 Å². The molecule has 7 aromatic carbocycles. The number of hydrogen-bond acceptors (Lipinski definition) is 2. The van der Waals surface area contributed by atoms with Crippen molar-refractivity contribution in [3.05, 3.63) is 151 Å². The van der Waals surface area contributed by atoms with E-state index in [1.807, 2.05) is 11.3 Å². The van der Waals surface area contributed by atoms with E-state index in [1.165, 1.54) is 75.3 Å². The monoisotopic (exact) mass is 567 g/mol. The maximum absolute atomic E-state index is 2.46. The van der Waals surface area contributed by atoms with Crippen LogP contribution in [0.25, 0.3) is 52.8 Å². The molecule has 0 fully saturated rings. The van der Waals surface area contributed by atoms with Crippen molar-refractivity contribution in [3.63, 3.8) is 0 Å². The summed E-state index contributed by atoms with van der Waals surface area (Å²) < 4.78 is 2.64. The molecule has 43 heavy (non-hydrogen) atoms. The Morgan fingerprint density at radius 1 is 0.442 bits per heavy atom. The molecule has 0 bridgehead atoms. The van der Waals surface area contributed by atoms with Crippen LogP contribution in [0.3, 0.4) is 0 Å². The summed E-state index contributed by atoms with van der Waals surface area (Å²) in [7, 11) is 0. The van der Waals surface area contributed by atoms with Gasteiger partial charge in [-0.3, -0.25) is 0 Å². The number of nitrogens with zero attached hydrogens (tertiary/aromatic N) is 1. The second-order valence-electron chi connectivity index (χ2n) is 12.2. The first-order valence-electron chi connectivity index (χ1n) is 14.9. The molecule has 0 spiro atoms. The van der Waals surface area contributed by atoms with Crippen molar-refractivity contribution >= 4 is 70.1 Å². The second-order valence-corrected chi connectivity index (χ2v) is 13.3. The predicted octanol–water partition coefficient (Wildman–Crippen LogP) is 12.1. The summed E-state index contributed by atoms with van der Waals surface area (Å²) in [6, 6.07) is 51.6. The van der Waals surface area contributed by atoms with Gasteiger partial charge in [0.25, 0.3) is 0 Å². The Morgan fingerprint density at radius 3 is 2.00 bits per heavy atom. The van der Waals surface area contributed by atoms with Gasteiger partial charge in [0.15, 0.2) is 0 Å². The van der Waals surface area contributed by atoms with Gasteiger partial charge in [0, 0.05) is 42.6 Å². The number of para-hydroxylation sites is 1. The van der Waals surface area contributed by atoms with Gasteiger partial charge in [-0.1, -0.05) is 98.8 Å². The zero-order chi connectivity index (χ0) is 28.7. The minimum Gasteiger partial charge on any atom is -0.310 e. The summed E-state index contributed by atoms with van der Waals surface area (Å²) in [6.45, 7) is 4.75. The Balaban J connectivity index is 1.25. The Kier molecular flexibility index (Phi) is 5.18. The van der Waals surface area contributed by atoms with Crippen LogP contribution in [0.5, 0.6) is 0 Å². The van der Waals surface area contributed by atoms with Gasteiger partial charge in [0.1, 0.15) is 0 Å². The van der Waals surface area contributed by atoms with Gasteiger partial charge in [0.05, 0.1) is 0 Å². The Morgan fingerprint density at radius 2 is 1.12 bits per heavy atom. The minimum atomic E-state index is -0.0815. The molecule has 1 nitrogen and oxygen atoms in total. The third-order valence-corrected chi connectivity index (χ3v) is 10.5. The standard InChI is InChI=1S/C41H29NS/c1-41(2)37-21-19-29(23-36(37)35-22-27-17-16-26-10-6-7-13-31(26)34(27)25-38(35)41)42(28-11-4-3-5-12-28)30-18-20-33-32-14-8-9-15-39(32)43-40(33)24-30/h3-25H,1-2H3. The van der Waals surface area contributed by atoms with Crippen molar-refractivity contribution in [1.29, 1.82) is 0 Å². The average Bonchev–Trinajstić information content (AvgIpc) is 3.52. The van der Waals surface area contributed by atoms with Gasteiger partial charge in [-0.15, -0.1) is 11.3 Å². The van der Waals surface area contributed by atoms with E-state index < -0.39 is 0 Å². The lowest BCUT2D eigenvalue weighted by molar-refractivity contribution is 0.661. The van der Waals surface area contributed by atoms with Crippen LogP contribution in [-0.2, 0) is 5.41 Å². The number of rotatable bonds is 3. The van der Waals surface area contributed by atoms with Crippen LogP contribution in [0.4, 0.5) is 17.1 Å². The molecule has 0 atom stereocenters. The Labute approximate surface area is 255 Å². The molecule has 1 heterocycles. The van der Waals surface area contributed by atoms with Gasteiger partial charge in [-0.05, 0) is 98.4 Å². The molecule has 1 aliphatic rings. The SMILES string of the molecule is CC1(C)c2ccc(N(c3ccccc3)c3ccc4c(c3)sc3ccccc34)cc2-c2cc3ccc4ccccc4c3cc21. The molecule has 0 aliphatic heterocycles. The van der Waals surface area contributed by atoms with E-state index in [-0.39, 0.29) is 5.41 Å². The normalized spacial score (nSPS) is 13.5. The molecule has 1 aliphatic carbocycles. The topological polar surface area (TPSA) is 3.24 Å². The third-order valence-electron chi connectivity index (χ3n) is 9.42. The Bertz CT molecular complexity index is 2380. The van der Waals surface area contributed by atoms with E-state index in [0.717, 1.165) is 5.69 Å². The second kappa shape index (κ2) is 9.04. The molecular weight excluding hydrogens is 539 g/mol. The summed E-state index contributed by atoms with van der Waals surface area (Å²) in [5, 5.41) is 7.89. The van der Waals surface area contributed by atoms with Gasteiger partial charge in [-0.2, -0.15) is 0 Å². The summed E-state index contributed by atoms with van der Waals surface area (Å²) >= 11 is 1.87. The first-order valence-corrected chi connectivity index (χ1v) is 15.8. The van der Waals surface area contributed by atoms with Crippen LogP contribution in [0.2, 0.25) is 0 Å². The van der Waals surface area contributed by atoms with Gasteiger partial charge < -0.3 is 4.90 Å².